The van der Waals surface area contributed by atoms with Crippen molar-refractivity contribution in [1.82, 2.24) is 10.6 Å². The van der Waals surface area contributed by atoms with Crippen LogP contribution in [0.5, 0.6) is 0 Å². The van der Waals surface area contributed by atoms with E-state index in [2.05, 4.69) is 24.5 Å². The van der Waals surface area contributed by atoms with Crippen molar-refractivity contribution in [3.63, 3.8) is 0 Å². The fourth-order valence-electron chi connectivity index (χ4n) is 1.39. The van der Waals surface area contributed by atoms with E-state index in [1.807, 2.05) is 0 Å². The molecule has 2 N–H and O–H groups in total. The van der Waals surface area contributed by atoms with Gasteiger partial charge in [0, 0.05) is 12.5 Å². The maximum absolute atomic E-state index is 10.9. The van der Waals surface area contributed by atoms with Gasteiger partial charge >= 0.3 is 6.03 Å². The first kappa shape index (κ1) is 9.03. The lowest BCUT2D eigenvalue weighted by atomic mass is 10.00. The first-order chi connectivity index (χ1) is 5.58. The second-order valence-electron chi connectivity index (χ2n) is 3.55. The maximum atomic E-state index is 10.9. The predicted octanol–water partition coefficient (Wildman–Crippen LogP) is 0.631. The molecule has 1 unspecified atom stereocenters. The highest BCUT2D eigenvalue weighted by Crippen LogP contribution is 2.09. The van der Waals surface area contributed by atoms with Crippen LogP contribution in [0.25, 0.3) is 0 Å². The van der Waals surface area contributed by atoms with Crippen LogP contribution in [0.4, 0.5) is 4.79 Å². The summed E-state index contributed by atoms with van der Waals surface area (Å²) < 4.78 is 0. The largest absolute Gasteiger partial charge is 0.335 e. The average molecular weight is 170 g/mol. The molecule has 4 nitrogen and oxygen atoms in total. The first-order valence-corrected chi connectivity index (χ1v) is 4.18. The lowest BCUT2D eigenvalue weighted by Crippen LogP contribution is -2.52. The average Bonchev–Trinajstić information content (AvgIpc) is 1.81. The van der Waals surface area contributed by atoms with Crippen LogP contribution in [-0.2, 0) is 4.79 Å². The lowest BCUT2D eigenvalue weighted by molar-refractivity contribution is -0.121. The Morgan fingerprint density at radius 1 is 1.50 bits per heavy atom. The molecule has 0 aromatic carbocycles. The van der Waals surface area contributed by atoms with Gasteiger partial charge in [-0.15, -0.1) is 0 Å². The van der Waals surface area contributed by atoms with Gasteiger partial charge in [0.25, 0.3) is 0 Å². The highest BCUT2D eigenvalue weighted by molar-refractivity contribution is 5.97. The van der Waals surface area contributed by atoms with E-state index in [-0.39, 0.29) is 18.0 Å². The van der Waals surface area contributed by atoms with E-state index in [1.54, 1.807) is 0 Å². The van der Waals surface area contributed by atoms with Crippen molar-refractivity contribution in [3.8, 4) is 0 Å². The Bertz CT molecular complexity index is 185. The Morgan fingerprint density at radius 3 is 2.67 bits per heavy atom. The minimum absolute atomic E-state index is 0.0197. The summed E-state index contributed by atoms with van der Waals surface area (Å²) in [7, 11) is 0. The second-order valence-corrected chi connectivity index (χ2v) is 3.55. The van der Waals surface area contributed by atoms with E-state index in [4.69, 9.17) is 0 Å². The molecule has 0 radical (unpaired) electrons. The van der Waals surface area contributed by atoms with E-state index < -0.39 is 0 Å². The molecule has 0 aliphatic carbocycles. The Hall–Kier alpha value is -1.06. The van der Waals surface area contributed by atoms with E-state index in [0.717, 1.165) is 6.42 Å². The predicted molar refractivity (Wildman–Crippen MR) is 44.5 cm³/mol. The van der Waals surface area contributed by atoms with Gasteiger partial charge in [-0.25, -0.2) is 4.79 Å². The van der Waals surface area contributed by atoms with Gasteiger partial charge < -0.3 is 5.32 Å². The maximum Gasteiger partial charge on any atom is 0.321 e. The summed E-state index contributed by atoms with van der Waals surface area (Å²) in [4.78, 5) is 21.7. The van der Waals surface area contributed by atoms with Gasteiger partial charge in [-0.2, -0.15) is 0 Å². The molecule has 1 fully saturated rings. The molecule has 1 aliphatic rings. The zero-order chi connectivity index (χ0) is 9.14. The van der Waals surface area contributed by atoms with Gasteiger partial charge in [0.05, 0.1) is 0 Å². The number of hydrogen-bond acceptors (Lipinski definition) is 2. The summed E-state index contributed by atoms with van der Waals surface area (Å²) in [5.74, 6) is 0.325. The SMILES string of the molecule is CC(C)CC1CC(=O)NC(=O)N1. The zero-order valence-corrected chi connectivity index (χ0v) is 7.39. The lowest BCUT2D eigenvalue weighted by Gasteiger charge is -2.24. The first-order valence-electron chi connectivity index (χ1n) is 4.18. The summed E-state index contributed by atoms with van der Waals surface area (Å²) in [5.41, 5.74) is 0. The minimum atomic E-state index is -0.364. The van der Waals surface area contributed by atoms with Crippen LogP contribution in [-0.4, -0.2) is 18.0 Å². The fraction of sp³-hybridized carbons (Fsp3) is 0.750. The molecular weight excluding hydrogens is 156 g/mol. The van der Waals surface area contributed by atoms with Crippen molar-refractivity contribution >= 4 is 11.9 Å². The second kappa shape index (κ2) is 3.56. The highest BCUT2D eigenvalue weighted by Gasteiger charge is 2.23. The molecule has 1 heterocycles. The number of carbonyl (C=O) groups is 2. The van der Waals surface area contributed by atoms with Gasteiger partial charge in [-0.3, -0.25) is 10.1 Å². The van der Waals surface area contributed by atoms with Crippen LogP contribution in [0.2, 0.25) is 0 Å². The summed E-state index contributed by atoms with van der Waals surface area (Å²) in [5, 5.41) is 4.90. The fourth-order valence-corrected chi connectivity index (χ4v) is 1.39. The number of imide groups is 1. The molecule has 1 saturated heterocycles. The summed E-state index contributed by atoms with van der Waals surface area (Å²) in [6.07, 6.45) is 1.27. The van der Waals surface area contributed by atoms with Gasteiger partial charge in [-0.1, -0.05) is 13.8 Å². The van der Waals surface area contributed by atoms with Gasteiger partial charge in [-0.05, 0) is 12.3 Å². The van der Waals surface area contributed by atoms with Crippen LogP contribution in [0.3, 0.4) is 0 Å². The molecule has 0 aromatic heterocycles. The molecule has 4 heteroatoms. The third-order valence-corrected chi connectivity index (χ3v) is 1.78. The van der Waals surface area contributed by atoms with Crippen LogP contribution in [0, 0.1) is 5.92 Å². The van der Waals surface area contributed by atoms with Crippen LogP contribution in [0.15, 0.2) is 0 Å². The number of carbonyl (C=O) groups excluding carboxylic acids is 2. The molecule has 1 aliphatic heterocycles. The molecule has 0 spiro atoms. The Morgan fingerprint density at radius 2 is 2.17 bits per heavy atom. The summed E-state index contributed by atoms with van der Waals surface area (Å²) in [6.45, 7) is 4.14. The van der Waals surface area contributed by atoms with Crippen molar-refractivity contribution in [2.45, 2.75) is 32.7 Å². The van der Waals surface area contributed by atoms with Crippen LogP contribution < -0.4 is 10.6 Å². The monoisotopic (exact) mass is 170 g/mol. The number of nitrogens with one attached hydrogen (secondary N) is 2. The summed E-state index contributed by atoms with van der Waals surface area (Å²) >= 11 is 0. The Balaban J connectivity index is 2.44. The van der Waals surface area contributed by atoms with E-state index in [9.17, 15) is 9.59 Å². The van der Waals surface area contributed by atoms with E-state index in [1.165, 1.54) is 0 Å². The van der Waals surface area contributed by atoms with Crippen LogP contribution >= 0.6 is 0 Å². The van der Waals surface area contributed by atoms with E-state index in [0.29, 0.717) is 12.3 Å². The molecule has 0 saturated carbocycles. The smallest absolute Gasteiger partial charge is 0.321 e. The quantitative estimate of drug-likeness (QED) is 0.638. The molecule has 3 amide bonds. The van der Waals surface area contributed by atoms with Crippen LogP contribution in [0.1, 0.15) is 26.7 Å². The van der Waals surface area contributed by atoms with Crippen molar-refractivity contribution in [2.24, 2.45) is 5.92 Å². The van der Waals surface area contributed by atoms with Gasteiger partial charge in [0.2, 0.25) is 5.91 Å². The number of urea groups is 1. The third kappa shape index (κ3) is 2.53. The standard InChI is InChI=1S/C8H14N2O2/c1-5(2)3-6-4-7(11)10-8(12)9-6/h5-6H,3-4H2,1-2H3,(H2,9,10,11,12). The number of rotatable bonds is 2. The van der Waals surface area contributed by atoms with Crippen molar-refractivity contribution in [3.05, 3.63) is 0 Å². The molecular formula is C8H14N2O2. The molecule has 0 aromatic rings. The Labute approximate surface area is 71.7 Å². The molecule has 68 valence electrons. The van der Waals surface area contributed by atoms with Crippen molar-refractivity contribution < 1.29 is 9.59 Å². The Kier molecular flexibility index (Phi) is 2.68. The number of hydrogen-bond donors (Lipinski definition) is 2. The van der Waals surface area contributed by atoms with Crippen molar-refractivity contribution in [1.29, 1.82) is 0 Å². The van der Waals surface area contributed by atoms with E-state index >= 15 is 0 Å². The molecule has 12 heavy (non-hydrogen) atoms. The number of amides is 3. The molecule has 1 rings (SSSR count). The highest BCUT2D eigenvalue weighted by atomic mass is 16.2. The van der Waals surface area contributed by atoms with Crippen molar-refractivity contribution in [2.75, 3.05) is 0 Å². The van der Waals surface area contributed by atoms with Gasteiger partial charge in [0.15, 0.2) is 0 Å². The molecule has 0 bridgehead atoms. The minimum Gasteiger partial charge on any atom is -0.335 e. The summed E-state index contributed by atoms with van der Waals surface area (Å²) in [6, 6.07) is -0.344. The third-order valence-electron chi connectivity index (χ3n) is 1.78. The topological polar surface area (TPSA) is 58.2 Å². The van der Waals surface area contributed by atoms with Gasteiger partial charge in [0.1, 0.15) is 0 Å². The molecule has 1 atom stereocenters. The normalized spacial score (nSPS) is 23.8. The zero-order valence-electron chi connectivity index (χ0n) is 7.39.